The van der Waals surface area contributed by atoms with Crippen LogP contribution in [0.2, 0.25) is 0 Å². The molecule has 4 rings (SSSR count). The van der Waals surface area contributed by atoms with Crippen LogP contribution >= 0.6 is 11.8 Å². The topological polar surface area (TPSA) is 153 Å². The van der Waals surface area contributed by atoms with Crippen molar-refractivity contribution in [3.8, 4) is 34.1 Å². The number of ether oxygens (including phenoxy) is 4. The van der Waals surface area contributed by atoms with Crippen molar-refractivity contribution in [2.45, 2.75) is 38.3 Å². The molecular weight excluding hydrogens is 636 g/mol. The number of carbonyl (C=O) groups excluding carboxylic acids is 3. The number of benzene rings is 2. The molecule has 0 aromatic heterocycles. The van der Waals surface area contributed by atoms with E-state index in [9.17, 15) is 19.2 Å². The maximum absolute atomic E-state index is 13.9. The Kier molecular flexibility index (Phi) is 12.2. The van der Waals surface area contributed by atoms with Crippen molar-refractivity contribution in [3.63, 3.8) is 0 Å². The van der Waals surface area contributed by atoms with Crippen molar-refractivity contribution in [3.05, 3.63) is 69.4 Å². The van der Waals surface area contributed by atoms with Gasteiger partial charge in [-0.2, -0.15) is 11.8 Å². The SMILES string of the molecule is CNC(=O)c1ccc(OC)c(NC(=O)[C@@H](CCSC)Nc2ccc3c(cc2=O)[C@H](NC(C)=O)CCc2cc(OC)c(OC)c(OC)c2-3)c1. The Labute approximate surface area is 284 Å². The Morgan fingerprint density at radius 2 is 1.65 bits per heavy atom. The first kappa shape index (κ1) is 35.9. The number of methoxy groups -OCH3 is 4. The monoisotopic (exact) mass is 678 g/mol. The molecule has 1 aliphatic carbocycles. The predicted molar refractivity (Wildman–Crippen MR) is 188 cm³/mol. The van der Waals surface area contributed by atoms with Gasteiger partial charge in [-0.1, -0.05) is 6.07 Å². The Hall–Kier alpha value is -4.91. The van der Waals surface area contributed by atoms with Crippen LogP contribution in [-0.2, 0) is 16.0 Å². The molecule has 3 aromatic carbocycles. The van der Waals surface area contributed by atoms with Crippen LogP contribution < -0.4 is 45.6 Å². The molecule has 2 atom stereocenters. The first-order valence-corrected chi connectivity index (χ1v) is 16.7. The van der Waals surface area contributed by atoms with Crippen LogP contribution in [0, 0.1) is 0 Å². The number of fused-ring (bicyclic) bond motifs is 3. The van der Waals surface area contributed by atoms with Crippen LogP contribution in [0.4, 0.5) is 11.4 Å². The molecule has 1 aliphatic rings. The molecule has 0 unspecified atom stereocenters. The normalized spacial score (nSPS) is 13.9. The van der Waals surface area contributed by atoms with Crippen molar-refractivity contribution < 1.29 is 33.3 Å². The molecule has 3 aromatic rings. The molecule has 0 saturated carbocycles. The number of anilines is 2. The minimum Gasteiger partial charge on any atom is -0.495 e. The van der Waals surface area contributed by atoms with Crippen molar-refractivity contribution >= 4 is 40.9 Å². The fourth-order valence-corrected chi connectivity index (χ4v) is 6.30. The summed E-state index contributed by atoms with van der Waals surface area (Å²) < 4.78 is 22.6. The number of carbonyl (C=O) groups is 3. The molecule has 256 valence electrons. The average Bonchev–Trinajstić information content (AvgIpc) is 3.32. The van der Waals surface area contributed by atoms with Gasteiger partial charge in [0.05, 0.1) is 45.9 Å². The number of amides is 3. The molecule has 13 heteroatoms. The van der Waals surface area contributed by atoms with Gasteiger partial charge in [0.1, 0.15) is 11.8 Å². The average molecular weight is 679 g/mol. The second kappa shape index (κ2) is 16.3. The van der Waals surface area contributed by atoms with Crippen LogP contribution in [0.3, 0.4) is 0 Å². The first-order valence-electron chi connectivity index (χ1n) is 15.3. The molecule has 48 heavy (non-hydrogen) atoms. The minimum absolute atomic E-state index is 0.193. The fourth-order valence-electron chi connectivity index (χ4n) is 5.83. The van der Waals surface area contributed by atoms with E-state index in [1.165, 1.54) is 47.4 Å². The van der Waals surface area contributed by atoms with Crippen LogP contribution in [0.15, 0.2) is 47.3 Å². The van der Waals surface area contributed by atoms with E-state index in [4.69, 9.17) is 18.9 Å². The number of aryl methyl sites for hydroxylation is 1. The smallest absolute Gasteiger partial charge is 0.251 e. The Bertz CT molecular complexity index is 1750. The van der Waals surface area contributed by atoms with Crippen molar-refractivity contribution in [1.82, 2.24) is 10.6 Å². The maximum Gasteiger partial charge on any atom is 0.251 e. The van der Waals surface area contributed by atoms with Gasteiger partial charge in [-0.3, -0.25) is 19.2 Å². The van der Waals surface area contributed by atoms with Gasteiger partial charge in [0, 0.05) is 25.1 Å². The zero-order chi connectivity index (χ0) is 35.0. The molecule has 0 saturated heterocycles. The molecule has 3 amide bonds. The summed E-state index contributed by atoms with van der Waals surface area (Å²) in [5.74, 6) is 1.38. The molecular formula is C35H42N4O8S. The predicted octanol–water partition coefficient (Wildman–Crippen LogP) is 4.40. The highest BCUT2D eigenvalue weighted by molar-refractivity contribution is 7.98. The zero-order valence-electron chi connectivity index (χ0n) is 28.2. The van der Waals surface area contributed by atoms with Gasteiger partial charge in [0.15, 0.2) is 11.5 Å². The molecule has 12 nitrogen and oxygen atoms in total. The number of hydrogen-bond acceptors (Lipinski definition) is 10. The van der Waals surface area contributed by atoms with Gasteiger partial charge in [0.25, 0.3) is 5.91 Å². The first-order chi connectivity index (χ1) is 23.1. The molecule has 0 fully saturated rings. The van der Waals surface area contributed by atoms with E-state index in [1.54, 1.807) is 43.1 Å². The summed E-state index contributed by atoms with van der Waals surface area (Å²) in [6, 6.07) is 10.3. The van der Waals surface area contributed by atoms with E-state index in [-0.39, 0.29) is 22.9 Å². The minimum atomic E-state index is -0.821. The molecule has 0 aliphatic heterocycles. The van der Waals surface area contributed by atoms with Gasteiger partial charge >= 0.3 is 0 Å². The van der Waals surface area contributed by atoms with Crippen molar-refractivity contribution in [2.75, 3.05) is 58.1 Å². The Morgan fingerprint density at radius 3 is 2.27 bits per heavy atom. The summed E-state index contributed by atoms with van der Waals surface area (Å²) in [6.07, 6.45) is 3.40. The highest BCUT2D eigenvalue weighted by Gasteiger charge is 2.30. The van der Waals surface area contributed by atoms with Gasteiger partial charge in [-0.25, -0.2) is 0 Å². The van der Waals surface area contributed by atoms with E-state index in [0.717, 1.165) is 11.1 Å². The van der Waals surface area contributed by atoms with Crippen LogP contribution in [0.25, 0.3) is 11.1 Å². The lowest BCUT2D eigenvalue weighted by Gasteiger charge is -2.20. The standard InChI is InChI=1S/C35H42N4O8S/c1-19(40)37-24-11-8-20-17-30(45-4)32(46-5)33(47-6)31(20)22-10-12-25(28(41)18-23(22)24)38-26(14-15-48-7)35(43)39-27-16-21(34(42)36-2)9-13-29(27)44-3/h9-10,12-13,16-18,24,26H,8,11,14-15H2,1-7H3,(H,36,42)(H,37,40)(H,38,41)(H,39,43)/t24-,26-/m1/s1. The van der Waals surface area contributed by atoms with Crippen LogP contribution in [0.1, 0.15) is 47.3 Å². The summed E-state index contributed by atoms with van der Waals surface area (Å²) in [4.78, 5) is 52.3. The van der Waals surface area contributed by atoms with E-state index >= 15 is 0 Å². The molecule has 4 N–H and O–H groups in total. The van der Waals surface area contributed by atoms with E-state index in [1.807, 2.05) is 12.3 Å². The summed E-state index contributed by atoms with van der Waals surface area (Å²) in [5, 5.41) is 11.6. The van der Waals surface area contributed by atoms with E-state index in [0.29, 0.717) is 70.4 Å². The molecule has 0 radical (unpaired) electrons. The Morgan fingerprint density at radius 1 is 0.917 bits per heavy atom. The summed E-state index contributed by atoms with van der Waals surface area (Å²) >= 11 is 1.56. The van der Waals surface area contributed by atoms with Gasteiger partial charge in [0.2, 0.25) is 23.0 Å². The molecule has 0 heterocycles. The fraction of sp³-hybridized carbons (Fsp3) is 0.371. The summed E-state index contributed by atoms with van der Waals surface area (Å²) in [5.41, 5.74) is 3.39. The van der Waals surface area contributed by atoms with Crippen LogP contribution in [-0.4, -0.2) is 71.3 Å². The lowest BCUT2D eigenvalue weighted by atomic mass is 9.95. The number of rotatable bonds is 13. The summed E-state index contributed by atoms with van der Waals surface area (Å²) in [7, 11) is 7.61. The lowest BCUT2D eigenvalue weighted by Crippen LogP contribution is -2.36. The second-order valence-corrected chi connectivity index (χ2v) is 12.0. The van der Waals surface area contributed by atoms with Crippen molar-refractivity contribution in [2.24, 2.45) is 0 Å². The lowest BCUT2D eigenvalue weighted by molar-refractivity contribution is -0.120. The second-order valence-electron chi connectivity index (χ2n) is 11.1. The molecule has 0 spiro atoms. The van der Waals surface area contributed by atoms with Gasteiger partial charge in [-0.15, -0.1) is 0 Å². The quantitative estimate of drug-likeness (QED) is 0.205. The van der Waals surface area contributed by atoms with Crippen molar-refractivity contribution in [1.29, 1.82) is 0 Å². The third kappa shape index (κ3) is 7.79. The number of nitrogens with one attached hydrogen (secondary N) is 4. The number of thioether (sulfide) groups is 1. The third-order valence-electron chi connectivity index (χ3n) is 8.12. The highest BCUT2D eigenvalue weighted by Crippen LogP contribution is 2.50. The van der Waals surface area contributed by atoms with Gasteiger partial charge < -0.3 is 40.2 Å². The van der Waals surface area contributed by atoms with Crippen LogP contribution in [0.5, 0.6) is 23.0 Å². The Balaban J connectivity index is 1.82. The maximum atomic E-state index is 13.9. The van der Waals surface area contributed by atoms with E-state index in [2.05, 4.69) is 21.3 Å². The summed E-state index contributed by atoms with van der Waals surface area (Å²) in [6.45, 7) is 1.44. The third-order valence-corrected chi connectivity index (χ3v) is 8.76. The number of hydrogen-bond donors (Lipinski definition) is 4. The largest absolute Gasteiger partial charge is 0.495 e. The molecule has 0 bridgehead atoms. The van der Waals surface area contributed by atoms with Gasteiger partial charge in [-0.05, 0) is 84.4 Å². The van der Waals surface area contributed by atoms with E-state index < -0.39 is 18.0 Å². The zero-order valence-corrected chi connectivity index (χ0v) is 29.0. The highest BCUT2D eigenvalue weighted by atomic mass is 32.2.